The molecule has 1 aliphatic rings. The van der Waals surface area contributed by atoms with E-state index in [2.05, 4.69) is 5.10 Å². The predicted molar refractivity (Wildman–Crippen MR) is 76.1 cm³/mol. The van der Waals surface area contributed by atoms with Gasteiger partial charge in [-0.05, 0) is 18.9 Å². The molecule has 0 N–H and O–H groups in total. The maximum Gasteiger partial charge on any atom is 0.267 e. The van der Waals surface area contributed by atoms with E-state index in [0.29, 0.717) is 0 Å². The number of benzene rings is 1. The van der Waals surface area contributed by atoms with Crippen molar-refractivity contribution in [1.29, 1.82) is 0 Å². The predicted octanol–water partition coefficient (Wildman–Crippen LogP) is 3.42. The summed E-state index contributed by atoms with van der Waals surface area (Å²) in [7, 11) is 0. The standard InChI is InChI=1S/C16H18N2O/c19-16-12-11-15(13-7-3-1-4-8-13)17-18(16)14-9-5-2-6-10-14/h1,3-4,7-8,11-12,14H,2,5-6,9-10H2. The Labute approximate surface area is 112 Å². The van der Waals surface area contributed by atoms with Gasteiger partial charge in [-0.15, -0.1) is 0 Å². The molecule has 19 heavy (non-hydrogen) atoms. The molecule has 1 saturated carbocycles. The smallest absolute Gasteiger partial charge is 0.267 e. The average molecular weight is 254 g/mol. The first kappa shape index (κ1) is 12.2. The van der Waals surface area contributed by atoms with Crippen molar-refractivity contribution < 1.29 is 0 Å². The van der Waals surface area contributed by atoms with E-state index in [4.69, 9.17) is 0 Å². The zero-order valence-corrected chi connectivity index (χ0v) is 11.0. The van der Waals surface area contributed by atoms with Gasteiger partial charge < -0.3 is 0 Å². The Bertz CT molecular complexity index is 598. The van der Waals surface area contributed by atoms with Crippen molar-refractivity contribution in [3.05, 3.63) is 52.8 Å². The van der Waals surface area contributed by atoms with E-state index in [1.807, 2.05) is 36.4 Å². The highest BCUT2D eigenvalue weighted by atomic mass is 16.1. The zero-order chi connectivity index (χ0) is 13.1. The molecular formula is C16H18N2O. The summed E-state index contributed by atoms with van der Waals surface area (Å²) in [6.45, 7) is 0. The quantitative estimate of drug-likeness (QED) is 0.823. The maximum atomic E-state index is 12.0. The van der Waals surface area contributed by atoms with Crippen molar-refractivity contribution in [1.82, 2.24) is 9.78 Å². The Kier molecular flexibility index (Phi) is 3.45. The van der Waals surface area contributed by atoms with E-state index in [0.717, 1.165) is 24.1 Å². The summed E-state index contributed by atoms with van der Waals surface area (Å²) < 4.78 is 1.70. The van der Waals surface area contributed by atoms with Gasteiger partial charge in [0.15, 0.2) is 0 Å². The minimum Gasteiger partial charge on any atom is -0.268 e. The summed E-state index contributed by atoms with van der Waals surface area (Å²) in [5.74, 6) is 0. The molecule has 0 bridgehead atoms. The first-order valence-corrected chi connectivity index (χ1v) is 7.00. The lowest BCUT2D eigenvalue weighted by molar-refractivity contribution is 0.319. The molecule has 0 saturated heterocycles. The minimum atomic E-state index is 0.0200. The van der Waals surface area contributed by atoms with Crippen LogP contribution in [0.3, 0.4) is 0 Å². The lowest BCUT2D eigenvalue weighted by atomic mass is 9.95. The molecular weight excluding hydrogens is 236 g/mol. The number of hydrogen-bond acceptors (Lipinski definition) is 2. The van der Waals surface area contributed by atoms with Gasteiger partial charge in [-0.3, -0.25) is 4.79 Å². The van der Waals surface area contributed by atoms with Crippen molar-refractivity contribution in [2.45, 2.75) is 38.1 Å². The molecule has 3 rings (SSSR count). The molecule has 1 aromatic carbocycles. The van der Waals surface area contributed by atoms with E-state index in [-0.39, 0.29) is 11.6 Å². The molecule has 0 aliphatic heterocycles. The number of nitrogens with zero attached hydrogens (tertiary/aromatic N) is 2. The number of rotatable bonds is 2. The van der Waals surface area contributed by atoms with Crippen LogP contribution in [0.2, 0.25) is 0 Å². The molecule has 0 radical (unpaired) electrons. The van der Waals surface area contributed by atoms with Gasteiger partial charge in [0.1, 0.15) is 0 Å². The van der Waals surface area contributed by atoms with E-state index in [9.17, 15) is 4.79 Å². The van der Waals surface area contributed by atoms with Gasteiger partial charge in [-0.2, -0.15) is 5.10 Å². The first-order chi connectivity index (χ1) is 9.34. The third kappa shape index (κ3) is 2.60. The van der Waals surface area contributed by atoms with Crippen LogP contribution in [0.15, 0.2) is 47.3 Å². The molecule has 1 heterocycles. The van der Waals surface area contributed by atoms with Crippen LogP contribution in [-0.4, -0.2) is 9.78 Å². The van der Waals surface area contributed by atoms with Crippen LogP contribution < -0.4 is 5.56 Å². The molecule has 1 aromatic heterocycles. The molecule has 0 amide bonds. The summed E-state index contributed by atoms with van der Waals surface area (Å²) in [6, 6.07) is 13.8. The number of aromatic nitrogens is 2. The van der Waals surface area contributed by atoms with Gasteiger partial charge in [-0.1, -0.05) is 49.6 Å². The molecule has 98 valence electrons. The molecule has 3 heteroatoms. The number of hydrogen-bond donors (Lipinski definition) is 0. The average Bonchev–Trinajstić information content (AvgIpc) is 2.49. The monoisotopic (exact) mass is 254 g/mol. The third-order valence-corrected chi connectivity index (χ3v) is 3.82. The Morgan fingerprint density at radius 1 is 0.947 bits per heavy atom. The third-order valence-electron chi connectivity index (χ3n) is 3.82. The van der Waals surface area contributed by atoms with Crippen molar-refractivity contribution in [2.75, 3.05) is 0 Å². The van der Waals surface area contributed by atoms with Crippen LogP contribution in [0.1, 0.15) is 38.1 Å². The van der Waals surface area contributed by atoms with Crippen LogP contribution in [0.5, 0.6) is 0 Å². The van der Waals surface area contributed by atoms with Gasteiger partial charge in [0.05, 0.1) is 11.7 Å². The van der Waals surface area contributed by atoms with Gasteiger partial charge in [0.25, 0.3) is 5.56 Å². The Morgan fingerprint density at radius 3 is 2.42 bits per heavy atom. The zero-order valence-electron chi connectivity index (χ0n) is 11.0. The summed E-state index contributed by atoms with van der Waals surface area (Å²) in [6.07, 6.45) is 5.84. The van der Waals surface area contributed by atoms with Crippen molar-refractivity contribution >= 4 is 0 Å². The van der Waals surface area contributed by atoms with Crippen LogP contribution in [0.4, 0.5) is 0 Å². The molecule has 0 unspecified atom stereocenters. The largest absolute Gasteiger partial charge is 0.268 e. The van der Waals surface area contributed by atoms with Gasteiger partial charge in [0, 0.05) is 11.6 Å². The molecule has 2 aromatic rings. The van der Waals surface area contributed by atoms with E-state index < -0.39 is 0 Å². The Hall–Kier alpha value is -1.90. The SMILES string of the molecule is O=c1ccc(-c2ccccc2)nn1C1CCCCC1. The summed E-state index contributed by atoms with van der Waals surface area (Å²) in [4.78, 5) is 12.0. The van der Waals surface area contributed by atoms with Crippen LogP contribution in [-0.2, 0) is 0 Å². The van der Waals surface area contributed by atoms with Crippen molar-refractivity contribution in [3.63, 3.8) is 0 Å². The maximum absolute atomic E-state index is 12.0. The van der Waals surface area contributed by atoms with Crippen LogP contribution in [0, 0.1) is 0 Å². The molecule has 3 nitrogen and oxygen atoms in total. The molecule has 0 atom stereocenters. The Morgan fingerprint density at radius 2 is 1.68 bits per heavy atom. The molecule has 0 spiro atoms. The van der Waals surface area contributed by atoms with E-state index in [1.165, 1.54) is 19.3 Å². The second-order valence-corrected chi connectivity index (χ2v) is 5.16. The van der Waals surface area contributed by atoms with Gasteiger partial charge in [-0.25, -0.2) is 4.68 Å². The fourth-order valence-electron chi connectivity index (χ4n) is 2.78. The lowest BCUT2D eigenvalue weighted by Crippen LogP contribution is -2.28. The molecule has 1 fully saturated rings. The normalized spacial score (nSPS) is 16.4. The topological polar surface area (TPSA) is 34.9 Å². The summed E-state index contributed by atoms with van der Waals surface area (Å²) in [5.41, 5.74) is 1.96. The second-order valence-electron chi connectivity index (χ2n) is 5.16. The fourth-order valence-corrected chi connectivity index (χ4v) is 2.78. The van der Waals surface area contributed by atoms with E-state index in [1.54, 1.807) is 10.7 Å². The van der Waals surface area contributed by atoms with Gasteiger partial charge in [0.2, 0.25) is 0 Å². The highest BCUT2D eigenvalue weighted by Crippen LogP contribution is 2.26. The first-order valence-electron chi connectivity index (χ1n) is 7.00. The van der Waals surface area contributed by atoms with E-state index >= 15 is 0 Å². The summed E-state index contributed by atoms with van der Waals surface area (Å²) in [5, 5.41) is 4.57. The fraction of sp³-hybridized carbons (Fsp3) is 0.375. The van der Waals surface area contributed by atoms with Crippen molar-refractivity contribution in [2.24, 2.45) is 0 Å². The van der Waals surface area contributed by atoms with Crippen LogP contribution >= 0.6 is 0 Å². The summed E-state index contributed by atoms with van der Waals surface area (Å²) >= 11 is 0. The highest BCUT2D eigenvalue weighted by molar-refractivity contribution is 5.57. The van der Waals surface area contributed by atoms with Crippen molar-refractivity contribution in [3.8, 4) is 11.3 Å². The van der Waals surface area contributed by atoms with Crippen LogP contribution in [0.25, 0.3) is 11.3 Å². The molecule has 1 aliphatic carbocycles. The Balaban J connectivity index is 1.98. The van der Waals surface area contributed by atoms with Gasteiger partial charge >= 0.3 is 0 Å². The minimum absolute atomic E-state index is 0.0200. The second kappa shape index (κ2) is 5.39. The highest BCUT2D eigenvalue weighted by Gasteiger charge is 2.17. The lowest BCUT2D eigenvalue weighted by Gasteiger charge is -2.23.